The summed E-state index contributed by atoms with van der Waals surface area (Å²) in [6, 6.07) is 10.1. The van der Waals surface area contributed by atoms with Crippen molar-refractivity contribution in [3.63, 3.8) is 0 Å². The topological polar surface area (TPSA) is 50.4 Å². The molecular weight excluding hydrogens is 264 g/mol. The van der Waals surface area contributed by atoms with Gasteiger partial charge in [-0.2, -0.15) is 0 Å². The average Bonchev–Trinajstić information content (AvgIpc) is 2.41. The number of hydrogen-bond acceptors (Lipinski definition) is 3. The van der Waals surface area contributed by atoms with Gasteiger partial charge in [-0.15, -0.1) is 12.4 Å². The van der Waals surface area contributed by atoms with Crippen LogP contribution in [0, 0.1) is 0 Å². The number of carbonyl (C=O) groups is 1. The number of rotatable bonds is 5. The van der Waals surface area contributed by atoms with Crippen LogP contribution < -0.4 is 10.6 Å². The normalized spacial score (nSPS) is 18.4. The third-order valence-electron chi connectivity index (χ3n) is 3.01. The average molecular weight is 285 g/mol. The minimum Gasteiger partial charge on any atom is -0.367 e. The number of hydrogen-bond donors (Lipinski definition) is 2. The zero-order chi connectivity index (χ0) is 12.6. The molecule has 0 bridgehead atoms. The fourth-order valence-corrected chi connectivity index (χ4v) is 2.08. The molecular formula is C14H21ClN2O2. The molecule has 2 N–H and O–H groups in total. The van der Waals surface area contributed by atoms with Gasteiger partial charge in [0.25, 0.3) is 0 Å². The van der Waals surface area contributed by atoms with E-state index in [0.717, 1.165) is 31.5 Å². The second-order valence-electron chi connectivity index (χ2n) is 4.59. The van der Waals surface area contributed by atoms with Gasteiger partial charge in [0.05, 0.1) is 6.61 Å². The number of ether oxygens (including phenoxy) is 1. The maximum absolute atomic E-state index is 11.6. The van der Waals surface area contributed by atoms with Gasteiger partial charge in [0.15, 0.2) is 0 Å². The van der Waals surface area contributed by atoms with Crippen molar-refractivity contribution < 1.29 is 9.53 Å². The molecule has 0 saturated carbocycles. The first-order valence-electron chi connectivity index (χ1n) is 6.46. The summed E-state index contributed by atoms with van der Waals surface area (Å²) in [7, 11) is 0. The fraction of sp³-hybridized carbons (Fsp3) is 0.500. The number of carbonyl (C=O) groups excluding carboxylic acids is 1. The highest BCUT2D eigenvalue weighted by Crippen LogP contribution is 2.02. The molecule has 1 saturated heterocycles. The Hall–Kier alpha value is -1.10. The SMILES string of the molecule is Cl.O=C(COCc1ccccc1)NC1CCCNC1. The largest absolute Gasteiger partial charge is 0.367 e. The molecule has 0 radical (unpaired) electrons. The first-order valence-corrected chi connectivity index (χ1v) is 6.46. The number of halogens is 1. The van der Waals surface area contributed by atoms with Crippen LogP contribution in [0.15, 0.2) is 30.3 Å². The van der Waals surface area contributed by atoms with Crippen LogP contribution in [0.2, 0.25) is 0 Å². The Morgan fingerprint density at radius 3 is 2.84 bits per heavy atom. The van der Waals surface area contributed by atoms with E-state index in [1.807, 2.05) is 30.3 Å². The molecule has 1 aliphatic heterocycles. The Bertz CT molecular complexity index is 367. The Balaban J connectivity index is 0.00000180. The second kappa shape index (κ2) is 8.91. The molecule has 106 valence electrons. The quantitative estimate of drug-likeness (QED) is 0.861. The monoisotopic (exact) mass is 284 g/mol. The van der Waals surface area contributed by atoms with Crippen molar-refractivity contribution in [2.75, 3.05) is 19.7 Å². The van der Waals surface area contributed by atoms with E-state index < -0.39 is 0 Å². The highest BCUT2D eigenvalue weighted by atomic mass is 35.5. The second-order valence-corrected chi connectivity index (χ2v) is 4.59. The van der Waals surface area contributed by atoms with E-state index in [0.29, 0.717) is 6.61 Å². The smallest absolute Gasteiger partial charge is 0.246 e. The van der Waals surface area contributed by atoms with Crippen LogP contribution in [0.4, 0.5) is 0 Å². The van der Waals surface area contributed by atoms with Crippen LogP contribution in [-0.4, -0.2) is 31.6 Å². The maximum atomic E-state index is 11.6. The molecule has 1 amide bonds. The first-order chi connectivity index (χ1) is 8.84. The van der Waals surface area contributed by atoms with Crippen molar-refractivity contribution in [1.82, 2.24) is 10.6 Å². The molecule has 2 rings (SSSR count). The van der Waals surface area contributed by atoms with Crippen molar-refractivity contribution in [3.05, 3.63) is 35.9 Å². The zero-order valence-corrected chi connectivity index (χ0v) is 11.7. The van der Waals surface area contributed by atoms with Gasteiger partial charge in [0, 0.05) is 12.6 Å². The molecule has 1 fully saturated rings. The van der Waals surface area contributed by atoms with Crippen LogP contribution >= 0.6 is 12.4 Å². The van der Waals surface area contributed by atoms with Crippen molar-refractivity contribution >= 4 is 18.3 Å². The van der Waals surface area contributed by atoms with Crippen LogP contribution in [-0.2, 0) is 16.1 Å². The summed E-state index contributed by atoms with van der Waals surface area (Å²) in [6.45, 7) is 2.53. The molecule has 5 heteroatoms. The van der Waals surface area contributed by atoms with Gasteiger partial charge in [-0.1, -0.05) is 30.3 Å². The van der Waals surface area contributed by atoms with Gasteiger partial charge in [0.2, 0.25) is 5.91 Å². The molecule has 1 aliphatic rings. The number of amides is 1. The summed E-state index contributed by atoms with van der Waals surface area (Å²) < 4.78 is 5.39. The molecule has 19 heavy (non-hydrogen) atoms. The molecule has 0 aromatic heterocycles. The Labute approximate surface area is 120 Å². The molecule has 0 spiro atoms. The van der Waals surface area contributed by atoms with Crippen molar-refractivity contribution in [2.24, 2.45) is 0 Å². The molecule has 0 aliphatic carbocycles. The van der Waals surface area contributed by atoms with Gasteiger partial charge in [0.1, 0.15) is 6.61 Å². The van der Waals surface area contributed by atoms with Gasteiger partial charge in [-0.3, -0.25) is 4.79 Å². The minimum absolute atomic E-state index is 0. The van der Waals surface area contributed by atoms with Crippen LogP contribution in [0.3, 0.4) is 0 Å². The minimum atomic E-state index is -0.0281. The number of benzene rings is 1. The van der Waals surface area contributed by atoms with Gasteiger partial charge < -0.3 is 15.4 Å². The van der Waals surface area contributed by atoms with Crippen molar-refractivity contribution in [3.8, 4) is 0 Å². The van der Waals surface area contributed by atoms with Gasteiger partial charge in [-0.25, -0.2) is 0 Å². The lowest BCUT2D eigenvalue weighted by Gasteiger charge is -2.23. The Morgan fingerprint density at radius 1 is 1.37 bits per heavy atom. The summed E-state index contributed by atoms with van der Waals surface area (Å²) in [5, 5.41) is 6.25. The van der Waals surface area contributed by atoms with E-state index in [2.05, 4.69) is 10.6 Å². The standard InChI is InChI=1S/C14H20N2O2.ClH/c17-14(16-13-7-4-8-15-9-13)11-18-10-12-5-2-1-3-6-12;/h1-3,5-6,13,15H,4,7-11H2,(H,16,17);1H. The Morgan fingerprint density at radius 2 is 2.16 bits per heavy atom. The molecule has 1 heterocycles. The molecule has 1 aromatic carbocycles. The third-order valence-corrected chi connectivity index (χ3v) is 3.01. The summed E-state index contributed by atoms with van der Waals surface area (Å²) in [5.41, 5.74) is 1.09. The molecule has 4 nitrogen and oxygen atoms in total. The highest BCUT2D eigenvalue weighted by molar-refractivity contribution is 5.85. The highest BCUT2D eigenvalue weighted by Gasteiger charge is 2.14. The summed E-state index contributed by atoms with van der Waals surface area (Å²) in [4.78, 5) is 11.6. The number of piperidine rings is 1. The Kier molecular flexibility index (Phi) is 7.48. The van der Waals surface area contributed by atoms with E-state index >= 15 is 0 Å². The van der Waals surface area contributed by atoms with E-state index in [1.54, 1.807) is 0 Å². The molecule has 1 atom stereocenters. The van der Waals surface area contributed by atoms with E-state index in [9.17, 15) is 4.79 Å². The molecule has 1 aromatic rings. The summed E-state index contributed by atoms with van der Waals surface area (Å²) in [6.07, 6.45) is 2.17. The van der Waals surface area contributed by atoms with Crippen LogP contribution in [0.1, 0.15) is 18.4 Å². The lowest BCUT2D eigenvalue weighted by atomic mass is 10.1. The van der Waals surface area contributed by atoms with Crippen LogP contribution in [0.25, 0.3) is 0 Å². The van der Waals surface area contributed by atoms with Crippen molar-refractivity contribution in [1.29, 1.82) is 0 Å². The van der Waals surface area contributed by atoms with Crippen LogP contribution in [0.5, 0.6) is 0 Å². The zero-order valence-electron chi connectivity index (χ0n) is 10.9. The lowest BCUT2D eigenvalue weighted by molar-refractivity contribution is -0.126. The summed E-state index contributed by atoms with van der Waals surface area (Å²) in [5.74, 6) is -0.0281. The first kappa shape index (κ1) is 16.0. The number of nitrogens with one attached hydrogen (secondary N) is 2. The fourth-order valence-electron chi connectivity index (χ4n) is 2.08. The van der Waals surface area contributed by atoms with Gasteiger partial charge in [-0.05, 0) is 24.9 Å². The predicted octanol–water partition coefficient (Wildman–Crippen LogP) is 1.49. The van der Waals surface area contributed by atoms with E-state index in [-0.39, 0.29) is 31.0 Å². The maximum Gasteiger partial charge on any atom is 0.246 e. The molecule has 1 unspecified atom stereocenters. The van der Waals surface area contributed by atoms with E-state index in [1.165, 1.54) is 0 Å². The predicted molar refractivity (Wildman–Crippen MR) is 77.4 cm³/mol. The third kappa shape index (κ3) is 6.05. The van der Waals surface area contributed by atoms with Gasteiger partial charge >= 0.3 is 0 Å². The lowest BCUT2D eigenvalue weighted by Crippen LogP contribution is -2.46. The van der Waals surface area contributed by atoms with E-state index in [4.69, 9.17) is 4.74 Å². The summed E-state index contributed by atoms with van der Waals surface area (Å²) >= 11 is 0. The van der Waals surface area contributed by atoms with Crippen molar-refractivity contribution in [2.45, 2.75) is 25.5 Å².